The van der Waals surface area contributed by atoms with E-state index >= 15 is 0 Å². The van der Waals surface area contributed by atoms with E-state index in [4.69, 9.17) is 4.74 Å². The van der Waals surface area contributed by atoms with Gasteiger partial charge in [0.2, 0.25) is 5.82 Å². The molecule has 1 aliphatic heterocycles. The SMILES string of the molecule is CC(C)COC[C@H]1CN(C(=O)c2ncccn2)Cc2cncn2C1. The van der Waals surface area contributed by atoms with Gasteiger partial charge in [-0.1, -0.05) is 13.8 Å². The number of nitrogens with zero attached hydrogens (tertiary/aromatic N) is 5. The maximum absolute atomic E-state index is 12.7. The largest absolute Gasteiger partial charge is 0.381 e. The monoisotopic (exact) mass is 329 g/mol. The summed E-state index contributed by atoms with van der Waals surface area (Å²) in [5.41, 5.74) is 1.02. The minimum absolute atomic E-state index is 0.154. The summed E-state index contributed by atoms with van der Waals surface area (Å²) >= 11 is 0. The summed E-state index contributed by atoms with van der Waals surface area (Å²) in [4.78, 5) is 26.9. The molecule has 0 N–H and O–H groups in total. The third-order valence-electron chi connectivity index (χ3n) is 3.93. The van der Waals surface area contributed by atoms with Gasteiger partial charge in [-0.15, -0.1) is 0 Å². The summed E-state index contributed by atoms with van der Waals surface area (Å²) in [7, 11) is 0. The maximum atomic E-state index is 12.7. The Morgan fingerprint density at radius 1 is 1.33 bits per heavy atom. The van der Waals surface area contributed by atoms with Gasteiger partial charge in [0.25, 0.3) is 5.91 Å². The van der Waals surface area contributed by atoms with Gasteiger partial charge in [0.15, 0.2) is 0 Å². The third-order valence-corrected chi connectivity index (χ3v) is 3.93. The molecule has 0 bridgehead atoms. The van der Waals surface area contributed by atoms with E-state index in [9.17, 15) is 4.79 Å². The summed E-state index contributed by atoms with van der Waals surface area (Å²) < 4.78 is 7.91. The minimum atomic E-state index is -0.154. The number of hydrogen-bond acceptors (Lipinski definition) is 5. The highest BCUT2D eigenvalue weighted by Gasteiger charge is 2.27. The Hall–Kier alpha value is -2.28. The van der Waals surface area contributed by atoms with Crippen molar-refractivity contribution >= 4 is 5.91 Å². The molecule has 7 nitrogen and oxygen atoms in total. The van der Waals surface area contributed by atoms with E-state index in [0.29, 0.717) is 25.6 Å². The van der Waals surface area contributed by atoms with Crippen LogP contribution in [0.2, 0.25) is 0 Å². The van der Waals surface area contributed by atoms with Crippen molar-refractivity contribution in [1.29, 1.82) is 0 Å². The van der Waals surface area contributed by atoms with Crippen molar-refractivity contribution in [2.24, 2.45) is 11.8 Å². The van der Waals surface area contributed by atoms with Crippen LogP contribution in [-0.4, -0.2) is 50.1 Å². The number of amides is 1. The Balaban J connectivity index is 1.75. The van der Waals surface area contributed by atoms with Crippen LogP contribution in [0.25, 0.3) is 0 Å². The Labute approximate surface area is 141 Å². The van der Waals surface area contributed by atoms with Gasteiger partial charge in [-0.25, -0.2) is 15.0 Å². The molecule has 1 aliphatic rings. The summed E-state index contributed by atoms with van der Waals surface area (Å²) in [6.07, 6.45) is 6.80. The van der Waals surface area contributed by atoms with Crippen LogP contribution in [0.4, 0.5) is 0 Å². The molecule has 0 radical (unpaired) electrons. The average Bonchev–Trinajstić information content (AvgIpc) is 2.93. The van der Waals surface area contributed by atoms with Crippen LogP contribution in [0.1, 0.15) is 30.2 Å². The summed E-state index contributed by atoms with van der Waals surface area (Å²) in [5, 5.41) is 0. The number of carbonyl (C=O) groups excluding carboxylic acids is 1. The van der Waals surface area contributed by atoms with Gasteiger partial charge in [-0.3, -0.25) is 4.79 Å². The van der Waals surface area contributed by atoms with Crippen molar-refractivity contribution < 1.29 is 9.53 Å². The van der Waals surface area contributed by atoms with Gasteiger partial charge in [0.1, 0.15) is 0 Å². The molecule has 7 heteroatoms. The lowest BCUT2D eigenvalue weighted by Gasteiger charge is -2.23. The first-order valence-corrected chi connectivity index (χ1v) is 8.26. The summed E-state index contributed by atoms with van der Waals surface area (Å²) in [6, 6.07) is 1.71. The number of rotatable bonds is 5. The topological polar surface area (TPSA) is 73.1 Å². The van der Waals surface area contributed by atoms with Crippen molar-refractivity contribution in [2.75, 3.05) is 19.8 Å². The van der Waals surface area contributed by atoms with E-state index in [1.807, 2.05) is 12.5 Å². The minimum Gasteiger partial charge on any atom is -0.381 e. The second-order valence-electron chi connectivity index (χ2n) is 6.59. The Morgan fingerprint density at radius 2 is 2.12 bits per heavy atom. The number of aromatic nitrogens is 4. The first kappa shape index (κ1) is 16.6. The average molecular weight is 329 g/mol. The van der Waals surface area contributed by atoms with Crippen LogP contribution in [0.3, 0.4) is 0 Å². The fourth-order valence-corrected chi connectivity index (χ4v) is 2.83. The second kappa shape index (κ2) is 7.53. The van der Waals surface area contributed by atoms with Gasteiger partial charge in [0.05, 0.1) is 25.2 Å². The molecule has 0 saturated heterocycles. The Kier molecular flexibility index (Phi) is 5.20. The molecule has 0 unspecified atom stereocenters. The van der Waals surface area contributed by atoms with Crippen molar-refractivity contribution in [1.82, 2.24) is 24.4 Å². The number of imidazole rings is 1. The number of carbonyl (C=O) groups is 1. The molecule has 1 atom stereocenters. The van der Waals surface area contributed by atoms with Crippen LogP contribution < -0.4 is 0 Å². The number of hydrogen-bond donors (Lipinski definition) is 0. The molecule has 1 amide bonds. The molecule has 24 heavy (non-hydrogen) atoms. The molecule has 0 saturated carbocycles. The fourth-order valence-electron chi connectivity index (χ4n) is 2.83. The molecular formula is C17H23N5O2. The number of ether oxygens (including phenoxy) is 1. The lowest BCUT2D eigenvalue weighted by molar-refractivity contribution is 0.0521. The molecule has 2 aromatic heterocycles. The predicted molar refractivity (Wildman–Crippen MR) is 88.1 cm³/mol. The van der Waals surface area contributed by atoms with Crippen molar-refractivity contribution in [3.05, 3.63) is 42.5 Å². The summed E-state index contributed by atoms with van der Waals surface area (Å²) in [6.45, 7) is 7.53. The number of fused-ring (bicyclic) bond motifs is 1. The molecule has 3 heterocycles. The van der Waals surface area contributed by atoms with Gasteiger partial charge in [-0.2, -0.15) is 0 Å². The first-order valence-electron chi connectivity index (χ1n) is 8.26. The Bertz CT molecular complexity index is 671. The zero-order valence-corrected chi connectivity index (χ0v) is 14.1. The van der Waals surface area contributed by atoms with Gasteiger partial charge < -0.3 is 14.2 Å². The van der Waals surface area contributed by atoms with E-state index in [1.165, 1.54) is 0 Å². The highest BCUT2D eigenvalue weighted by atomic mass is 16.5. The predicted octanol–water partition coefficient (Wildman–Crippen LogP) is 1.62. The highest BCUT2D eigenvalue weighted by molar-refractivity contribution is 5.90. The van der Waals surface area contributed by atoms with Crippen molar-refractivity contribution in [3.63, 3.8) is 0 Å². The fraction of sp³-hybridized carbons (Fsp3) is 0.529. The lowest BCUT2D eigenvalue weighted by Crippen LogP contribution is -2.36. The van der Waals surface area contributed by atoms with Gasteiger partial charge >= 0.3 is 0 Å². The van der Waals surface area contributed by atoms with Crippen LogP contribution in [0.15, 0.2) is 31.0 Å². The first-order chi connectivity index (χ1) is 11.6. The van der Waals surface area contributed by atoms with Gasteiger partial charge in [0, 0.05) is 44.2 Å². The normalized spacial score (nSPS) is 17.6. The van der Waals surface area contributed by atoms with Crippen molar-refractivity contribution in [3.8, 4) is 0 Å². The lowest BCUT2D eigenvalue weighted by atomic mass is 10.1. The van der Waals surface area contributed by atoms with Gasteiger partial charge in [-0.05, 0) is 12.0 Å². The zero-order valence-electron chi connectivity index (χ0n) is 14.1. The second-order valence-corrected chi connectivity index (χ2v) is 6.59. The van der Waals surface area contributed by atoms with Crippen LogP contribution >= 0.6 is 0 Å². The highest BCUT2D eigenvalue weighted by Crippen LogP contribution is 2.18. The quantitative estimate of drug-likeness (QED) is 0.833. The van der Waals surface area contributed by atoms with Crippen LogP contribution in [-0.2, 0) is 17.8 Å². The summed E-state index contributed by atoms with van der Waals surface area (Å²) in [5.74, 6) is 0.785. The molecule has 0 fully saturated rings. The van der Waals surface area contributed by atoms with Crippen LogP contribution in [0.5, 0.6) is 0 Å². The maximum Gasteiger partial charge on any atom is 0.292 e. The van der Waals surface area contributed by atoms with E-state index in [1.54, 1.807) is 23.4 Å². The zero-order chi connectivity index (χ0) is 16.9. The Morgan fingerprint density at radius 3 is 2.88 bits per heavy atom. The standard InChI is InChI=1S/C17H23N5O2/c1-13(2)10-24-11-14-7-21(9-15-6-18-12-22(15)8-14)17(23)16-19-4-3-5-20-16/h3-6,12-14H,7-11H2,1-2H3/t14-/m0/s1. The molecule has 0 aromatic carbocycles. The van der Waals surface area contributed by atoms with E-state index < -0.39 is 0 Å². The molecule has 128 valence electrons. The van der Waals surface area contributed by atoms with E-state index in [-0.39, 0.29) is 17.6 Å². The molecule has 2 aromatic rings. The van der Waals surface area contributed by atoms with Crippen LogP contribution in [0, 0.1) is 11.8 Å². The van der Waals surface area contributed by atoms with Crippen molar-refractivity contribution in [2.45, 2.75) is 26.9 Å². The molecule has 3 rings (SSSR count). The van der Waals surface area contributed by atoms with E-state index in [0.717, 1.165) is 18.8 Å². The smallest absolute Gasteiger partial charge is 0.292 e. The molecule has 0 aliphatic carbocycles. The third kappa shape index (κ3) is 3.97. The molecule has 0 spiro atoms. The molecular weight excluding hydrogens is 306 g/mol. The van der Waals surface area contributed by atoms with E-state index in [2.05, 4.69) is 33.4 Å².